The van der Waals surface area contributed by atoms with Crippen molar-refractivity contribution >= 4 is 5.95 Å². The van der Waals surface area contributed by atoms with Crippen LogP contribution in [0.25, 0.3) is 0 Å². The van der Waals surface area contributed by atoms with Crippen LogP contribution in [0.5, 0.6) is 0 Å². The van der Waals surface area contributed by atoms with Crippen LogP contribution in [0.15, 0.2) is 35.4 Å². The highest BCUT2D eigenvalue weighted by atomic mass is 19.1. The van der Waals surface area contributed by atoms with Crippen molar-refractivity contribution in [2.24, 2.45) is 0 Å². The maximum atomic E-state index is 13.0. The van der Waals surface area contributed by atoms with E-state index in [1.54, 1.807) is 12.5 Å². The molecule has 1 spiro atoms. The van der Waals surface area contributed by atoms with Gasteiger partial charge < -0.3 is 14.1 Å². The van der Waals surface area contributed by atoms with E-state index >= 15 is 0 Å². The van der Waals surface area contributed by atoms with Gasteiger partial charge in [-0.05, 0) is 18.9 Å². The van der Waals surface area contributed by atoms with Gasteiger partial charge in [0.25, 0.3) is 0 Å². The van der Waals surface area contributed by atoms with Crippen LogP contribution in [-0.4, -0.2) is 53.3 Å². The predicted molar refractivity (Wildman–Crippen MR) is 86.1 cm³/mol. The minimum absolute atomic E-state index is 0.0987. The first-order valence-electron chi connectivity index (χ1n) is 8.32. The summed E-state index contributed by atoms with van der Waals surface area (Å²) in [6, 6.07) is 2.01. The van der Waals surface area contributed by atoms with Gasteiger partial charge in [-0.1, -0.05) is 0 Å². The summed E-state index contributed by atoms with van der Waals surface area (Å²) in [4.78, 5) is 12.7. The van der Waals surface area contributed by atoms with Gasteiger partial charge in [0, 0.05) is 38.3 Å². The average Bonchev–Trinajstić information content (AvgIpc) is 3.10. The van der Waals surface area contributed by atoms with Crippen LogP contribution >= 0.6 is 0 Å². The van der Waals surface area contributed by atoms with Crippen LogP contribution in [0.1, 0.15) is 18.4 Å². The molecule has 0 bridgehead atoms. The molecule has 0 N–H and O–H groups in total. The standard InChI is InChI=1S/C17H21FN4O2/c18-15-9-19-16(20-10-15)22-4-2-17(3-5-22)13-21(6-8-24-17)11-14-1-7-23-12-14/h1,7,9-10,12H,2-6,8,11,13H2. The fourth-order valence-electron chi connectivity index (χ4n) is 3.58. The largest absolute Gasteiger partial charge is 0.472 e. The van der Waals surface area contributed by atoms with Gasteiger partial charge in [0.05, 0.1) is 37.1 Å². The summed E-state index contributed by atoms with van der Waals surface area (Å²) in [5, 5.41) is 0. The fraction of sp³-hybridized carbons (Fsp3) is 0.529. The van der Waals surface area contributed by atoms with Crippen molar-refractivity contribution in [3.63, 3.8) is 0 Å². The minimum Gasteiger partial charge on any atom is -0.472 e. The topological polar surface area (TPSA) is 54.6 Å². The van der Waals surface area contributed by atoms with E-state index in [1.807, 2.05) is 6.07 Å². The van der Waals surface area contributed by atoms with Gasteiger partial charge in [0.2, 0.25) is 5.95 Å². The molecule has 128 valence electrons. The Labute approximate surface area is 140 Å². The molecule has 0 aliphatic carbocycles. The number of morpholine rings is 1. The maximum absolute atomic E-state index is 13.0. The zero-order valence-corrected chi connectivity index (χ0v) is 13.5. The van der Waals surface area contributed by atoms with Crippen molar-refractivity contribution < 1.29 is 13.5 Å². The summed E-state index contributed by atoms with van der Waals surface area (Å²) in [7, 11) is 0. The van der Waals surface area contributed by atoms with E-state index < -0.39 is 5.82 Å². The molecule has 2 aliphatic heterocycles. The number of furan rings is 1. The van der Waals surface area contributed by atoms with E-state index in [0.717, 1.165) is 52.2 Å². The molecule has 0 radical (unpaired) electrons. The van der Waals surface area contributed by atoms with E-state index in [4.69, 9.17) is 9.15 Å². The lowest BCUT2D eigenvalue weighted by atomic mass is 9.89. The fourth-order valence-corrected chi connectivity index (χ4v) is 3.58. The minimum atomic E-state index is -0.405. The van der Waals surface area contributed by atoms with Crippen LogP contribution in [-0.2, 0) is 11.3 Å². The lowest BCUT2D eigenvalue weighted by Gasteiger charge is -2.47. The predicted octanol–water partition coefficient (Wildman–Crippen LogP) is 2.08. The van der Waals surface area contributed by atoms with E-state index in [9.17, 15) is 4.39 Å². The molecule has 2 aromatic heterocycles. The van der Waals surface area contributed by atoms with Crippen molar-refractivity contribution in [3.8, 4) is 0 Å². The number of aromatic nitrogens is 2. The smallest absolute Gasteiger partial charge is 0.225 e. The summed E-state index contributed by atoms with van der Waals surface area (Å²) in [6.45, 7) is 5.17. The highest BCUT2D eigenvalue weighted by molar-refractivity contribution is 5.30. The Kier molecular flexibility index (Phi) is 4.20. The number of piperidine rings is 1. The van der Waals surface area contributed by atoms with Gasteiger partial charge in [0.1, 0.15) is 0 Å². The number of anilines is 1. The summed E-state index contributed by atoms with van der Waals surface area (Å²) in [6.07, 6.45) is 7.81. The molecular weight excluding hydrogens is 311 g/mol. The molecule has 4 rings (SSSR count). The zero-order valence-electron chi connectivity index (χ0n) is 13.5. The quantitative estimate of drug-likeness (QED) is 0.858. The van der Waals surface area contributed by atoms with Gasteiger partial charge >= 0.3 is 0 Å². The van der Waals surface area contributed by atoms with Crippen molar-refractivity contribution in [2.75, 3.05) is 37.7 Å². The van der Waals surface area contributed by atoms with E-state index in [0.29, 0.717) is 5.95 Å². The molecule has 2 saturated heterocycles. The number of hydrogen-bond acceptors (Lipinski definition) is 6. The van der Waals surface area contributed by atoms with Gasteiger partial charge in [-0.2, -0.15) is 0 Å². The molecule has 6 nitrogen and oxygen atoms in total. The molecule has 4 heterocycles. The SMILES string of the molecule is Fc1cnc(N2CCC3(CC2)CN(Cc2ccoc2)CCO3)nc1. The Bertz CT molecular complexity index is 654. The first kappa shape index (κ1) is 15.5. The summed E-state index contributed by atoms with van der Waals surface area (Å²) < 4.78 is 24.3. The maximum Gasteiger partial charge on any atom is 0.225 e. The molecule has 0 amide bonds. The van der Waals surface area contributed by atoms with Gasteiger partial charge in [-0.25, -0.2) is 14.4 Å². The first-order valence-corrected chi connectivity index (χ1v) is 8.32. The molecule has 0 aromatic carbocycles. The number of hydrogen-bond donors (Lipinski definition) is 0. The highest BCUT2D eigenvalue weighted by Gasteiger charge is 2.40. The molecule has 24 heavy (non-hydrogen) atoms. The van der Waals surface area contributed by atoms with Crippen LogP contribution in [0.3, 0.4) is 0 Å². The molecule has 2 aromatic rings. The molecule has 0 atom stereocenters. The molecule has 0 unspecified atom stereocenters. The van der Waals surface area contributed by atoms with Crippen molar-refractivity contribution in [1.29, 1.82) is 0 Å². The van der Waals surface area contributed by atoms with Crippen LogP contribution in [0.4, 0.5) is 10.3 Å². The van der Waals surface area contributed by atoms with Crippen molar-refractivity contribution in [1.82, 2.24) is 14.9 Å². The number of ether oxygens (including phenoxy) is 1. The van der Waals surface area contributed by atoms with E-state index in [2.05, 4.69) is 19.8 Å². The van der Waals surface area contributed by atoms with E-state index in [1.165, 1.54) is 18.0 Å². The normalized spacial score (nSPS) is 21.3. The van der Waals surface area contributed by atoms with Crippen LogP contribution < -0.4 is 4.90 Å². The first-order chi connectivity index (χ1) is 11.7. The third-order valence-corrected chi connectivity index (χ3v) is 4.88. The van der Waals surface area contributed by atoms with Gasteiger partial charge in [0.15, 0.2) is 5.82 Å². The lowest BCUT2D eigenvalue weighted by molar-refractivity contribution is -0.122. The number of halogens is 1. The van der Waals surface area contributed by atoms with Crippen molar-refractivity contribution in [3.05, 3.63) is 42.4 Å². The molecule has 0 saturated carbocycles. The Morgan fingerprint density at radius 3 is 2.67 bits per heavy atom. The van der Waals surface area contributed by atoms with E-state index in [-0.39, 0.29) is 5.60 Å². The lowest BCUT2D eigenvalue weighted by Crippen LogP contribution is -2.56. The monoisotopic (exact) mass is 332 g/mol. The molecule has 7 heteroatoms. The second-order valence-electron chi connectivity index (χ2n) is 6.56. The summed E-state index contributed by atoms with van der Waals surface area (Å²) in [5.74, 6) is 0.190. The summed E-state index contributed by atoms with van der Waals surface area (Å²) >= 11 is 0. The molecule has 2 fully saturated rings. The number of rotatable bonds is 3. The molecule has 2 aliphatic rings. The Morgan fingerprint density at radius 1 is 1.17 bits per heavy atom. The third kappa shape index (κ3) is 3.27. The molecular formula is C17H21FN4O2. The average molecular weight is 332 g/mol. The van der Waals surface area contributed by atoms with Crippen LogP contribution in [0.2, 0.25) is 0 Å². The highest BCUT2D eigenvalue weighted by Crippen LogP contribution is 2.31. The van der Waals surface area contributed by atoms with Crippen LogP contribution in [0, 0.1) is 5.82 Å². The van der Waals surface area contributed by atoms with Gasteiger partial charge in [-0.3, -0.25) is 4.90 Å². The third-order valence-electron chi connectivity index (χ3n) is 4.88. The second-order valence-corrected chi connectivity index (χ2v) is 6.56. The summed E-state index contributed by atoms with van der Waals surface area (Å²) in [5.41, 5.74) is 1.10. The van der Waals surface area contributed by atoms with Crippen molar-refractivity contribution in [2.45, 2.75) is 25.0 Å². The Hall–Kier alpha value is -1.99. The Balaban J connectivity index is 1.37. The second kappa shape index (κ2) is 6.49. The Morgan fingerprint density at radius 2 is 1.96 bits per heavy atom. The van der Waals surface area contributed by atoms with Gasteiger partial charge in [-0.15, -0.1) is 0 Å². The zero-order chi connectivity index (χ0) is 16.4. The number of nitrogens with zero attached hydrogens (tertiary/aromatic N) is 4.